The molecule has 0 aliphatic heterocycles. The third-order valence-corrected chi connectivity index (χ3v) is 4.74. The number of carbonyl (C=O) groups excluding carboxylic acids is 1. The molecule has 1 amide bonds. The van der Waals surface area contributed by atoms with Crippen molar-refractivity contribution in [3.05, 3.63) is 95.6 Å². The maximum Gasteiger partial charge on any atom is 0.407 e. The van der Waals surface area contributed by atoms with Crippen molar-refractivity contribution in [2.45, 2.75) is 5.92 Å². The number of alkyl carbamates (subject to hydrolysis) is 1. The van der Waals surface area contributed by atoms with E-state index in [0.29, 0.717) is 5.69 Å². The minimum Gasteiger partial charge on any atom is -0.449 e. The standard InChI is InChI=1S/C23H19FN2O2/c24-16-11-13-25-17(14-16)6-5-12-26-23(27)28-15-22-20-9-3-1-7-18(20)19-8-2-4-10-21(19)22/h1-11,13-14,22H,12,15H2,(H,26,27). The first-order valence-electron chi connectivity index (χ1n) is 9.09. The van der Waals surface area contributed by atoms with E-state index in [4.69, 9.17) is 4.74 Å². The lowest BCUT2D eigenvalue weighted by molar-refractivity contribution is 0.144. The lowest BCUT2D eigenvalue weighted by Gasteiger charge is -2.14. The van der Waals surface area contributed by atoms with Crippen LogP contribution in [0.5, 0.6) is 0 Å². The number of pyridine rings is 1. The number of fused-ring (bicyclic) bond motifs is 3. The van der Waals surface area contributed by atoms with Crippen LogP contribution in [0.3, 0.4) is 0 Å². The Bertz CT molecular complexity index is 987. The van der Waals surface area contributed by atoms with Crippen LogP contribution in [0, 0.1) is 5.82 Å². The first-order valence-corrected chi connectivity index (χ1v) is 9.09. The van der Waals surface area contributed by atoms with Gasteiger partial charge in [-0.1, -0.05) is 54.6 Å². The minimum absolute atomic E-state index is 0.0326. The molecule has 0 unspecified atom stereocenters. The first-order chi connectivity index (χ1) is 13.7. The molecule has 0 saturated heterocycles. The second kappa shape index (κ2) is 8.05. The molecular weight excluding hydrogens is 355 g/mol. The summed E-state index contributed by atoms with van der Waals surface area (Å²) in [5, 5.41) is 2.67. The fourth-order valence-corrected chi connectivity index (χ4v) is 3.48. The van der Waals surface area contributed by atoms with Crippen LogP contribution in [-0.2, 0) is 4.74 Å². The number of amides is 1. The van der Waals surface area contributed by atoms with Gasteiger partial charge in [0, 0.05) is 18.7 Å². The Morgan fingerprint density at radius 3 is 2.43 bits per heavy atom. The molecule has 5 heteroatoms. The van der Waals surface area contributed by atoms with Gasteiger partial charge in [-0.3, -0.25) is 4.98 Å². The van der Waals surface area contributed by atoms with Gasteiger partial charge in [0.15, 0.2) is 0 Å². The molecule has 1 aromatic heterocycles. The summed E-state index contributed by atoms with van der Waals surface area (Å²) in [5.41, 5.74) is 5.23. The van der Waals surface area contributed by atoms with E-state index >= 15 is 0 Å². The monoisotopic (exact) mass is 374 g/mol. The second-order valence-electron chi connectivity index (χ2n) is 6.51. The van der Waals surface area contributed by atoms with Crippen LogP contribution in [0.2, 0.25) is 0 Å². The van der Waals surface area contributed by atoms with Gasteiger partial charge in [-0.05, 0) is 40.5 Å². The predicted molar refractivity (Wildman–Crippen MR) is 106 cm³/mol. The molecule has 28 heavy (non-hydrogen) atoms. The van der Waals surface area contributed by atoms with Crippen molar-refractivity contribution in [3.8, 4) is 11.1 Å². The van der Waals surface area contributed by atoms with Gasteiger partial charge in [-0.25, -0.2) is 9.18 Å². The van der Waals surface area contributed by atoms with Gasteiger partial charge in [-0.2, -0.15) is 0 Å². The molecule has 1 heterocycles. The maximum absolute atomic E-state index is 13.1. The lowest BCUT2D eigenvalue weighted by Crippen LogP contribution is -2.26. The fraction of sp³-hybridized carbons (Fsp3) is 0.130. The molecule has 140 valence electrons. The minimum atomic E-state index is -0.487. The molecule has 1 N–H and O–H groups in total. The number of halogens is 1. The molecule has 4 rings (SSSR count). The SMILES string of the molecule is O=C(NCC=Cc1cc(F)ccn1)OCC1c2ccccc2-c2ccccc21. The van der Waals surface area contributed by atoms with Gasteiger partial charge < -0.3 is 10.1 Å². The Morgan fingerprint density at radius 1 is 1.07 bits per heavy atom. The Balaban J connectivity index is 1.34. The van der Waals surface area contributed by atoms with Crippen molar-refractivity contribution in [2.75, 3.05) is 13.2 Å². The Labute approximate surface area is 162 Å². The number of benzene rings is 2. The third-order valence-electron chi connectivity index (χ3n) is 4.74. The normalized spacial score (nSPS) is 12.6. The highest BCUT2D eigenvalue weighted by molar-refractivity contribution is 5.79. The summed E-state index contributed by atoms with van der Waals surface area (Å²) < 4.78 is 18.6. The number of hydrogen-bond acceptors (Lipinski definition) is 3. The maximum atomic E-state index is 13.1. The van der Waals surface area contributed by atoms with Crippen molar-refractivity contribution in [3.63, 3.8) is 0 Å². The highest BCUT2D eigenvalue weighted by atomic mass is 19.1. The van der Waals surface area contributed by atoms with Crippen LogP contribution in [0.15, 0.2) is 72.9 Å². The number of carbonyl (C=O) groups is 1. The molecule has 0 bridgehead atoms. The quantitative estimate of drug-likeness (QED) is 0.700. The summed E-state index contributed by atoms with van der Waals surface area (Å²) >= 11 is 0. The van der Waals surface area contributed by atoms with Crippen LogP contribution in [-0.4, -0.2) is 24.2 Å². The zero-order valence-corrected chi connectivity index (χ0v) is 15.1. The molecule has 0 fully saturated rings. The summed E-state index contributed by atoms with van der Waals surface area (Å²) in [6.07, 6.45) is 4.25. The van der Waals surface area contributed by atoms with Crippen LogP contribution in [0.25, 0.3) is 17.2 Å². The van der Waals surface area contributed by atoms with Crippen LogP contribution < -0.4 is 5.32 Å². The number of nitrogens with zero attached hydrogens (tertiary/aromatic N) is 1. The Kier molecular flexibility index (Phi) is 5.15. The second-order valence-corrected chi connectivity index (χ2v) is 6.51. The molecule has 0 atom stereocenters. The molecule has 0 radical (unpaired) electrons. The number of hydrogen-bond donors (Lipinski definition) is 1. The first kappa shape index (κ1) is 17.9. The zero-order valence-electron chi connectivity index (χ0n) is 15.1. The predicted octanol–water partition coefficient (Wildman–Crippen LogP) is 4.77. The topological polar surface area (TPSA) is 51.2 Å². The zero-order chi connectivity index (χ0) is 19.3. The van der Waals surface area contributed by atoms with Crippen LogP contribution in [0.1, 0.15) is 22.7 Å². The third kappa shape index (κ3) is 3.78. The van der Waals surface area contributed by atoms with E-state index in [-0.39, 0.29) is 24.9 Å². The van der Waals surface area contributed by atoms with Crippen LogP contribution >= 0.6 is 0 Å². The van der Waals surface area contributed by atoms with E-state index in [2.05, 4.69) is 34.6 Å². The van der Waals surface area contributed by atoms with E-state index in [1.165, 1.54) is 40.6 Å². The van der Waals surface area contributed by atoms with Crippen LogP contribution in [0.4, 0.5) is 9.18 Å². The lowest BCUT2D eigenvalue weighted by atomic mass is 9.98. The van der Waals surface area contributed by atoms with Crippen molar-refractivity contribution in [1.29, 1.82) is 0 Å². The molecule has 3 aromatic rings. The summed E-state index contributed by atoms with van der Waals surface area (Å²) in [4.78, 5) is 16.1. The number of aromatic nitrogens is 1. The van der Waals surface area contributed by atoms with E-state index in [1.807, 2.05) is 24.3 Å². The molecule has 0 saturated carbocycles. The van der Waals surface area contributed by atoms with Crippen molar-refractivity contribution < 1.29 is 13.9 Å². The van der Waals surface area contributed by atoms with Gasteiger partial charge in [0.2, 0.25) is 0 Å². The molecular formula is C23H19FN2O2. The molecule has 2 aromatic carbocycles. The highest BCUT2D eigenvalue weighted by Gasteiger charge is 2.28. The molecule has 0 spiro atoms. The molecule has 4 nitrogen and oxygen atoms in total. The van der Waals surface area contributed by atoms with E-state index in [1.54, 1.807) is 12.2 Å². The highest BCUT2D eigenvalue weighted by Crippen LogP contribution is 2.44. The smallest absolute Gasteiger partial charge is 0.407 e. The summed E-state index contributed by atoms with van der Waals surface area (Å²) in [7, 11) is 0. The number of nitrogens with one attached hydrogen (secondary N) is 1. The van der Waals surface area contributed by atoms with Crippen molar-refractivity contribution >= 4 is 12.2 Å². The van der Waals surface area contributed by atoms with Crippen molar-refractivity contribution in [1.82, 2.24) is 10.3 Å². The average Bonchev–Trinajstić information content (AvgIpc) is 3.04. The van der Waals surface area contributed by atoms with E-state index in [0.717, 1.165) is 0 Å². The fourth-order valence-electron chi connectivity index (χ4n) is 3.48. The Hall–Kier alpha value is -3.47. The summed E-state index contributed by atoms with van der Waals surface area (Å²) in [5.74, 6) is -0.315. The number of ether oxygens (including phenoxy) is 1. The molecule has 1 aliphatic rings. The van der Waals surface area contributed by atoms with Crippen molar-refractivity contribution in [2.24, 2.45) is 0 Å². The van der Waals surface area contributed by atoms with E-state index in [9.17, 15) is 9.18 Å². The average molecular weight is 374 g/mol. The molecule has 1 aliphatic carbocycles. The largest absolute Gasteiger partial charge is 0.449 e. The summed E-state index contributed by atoms with van der Waals surface area (Å²) in [6.45, 7) is 0.546. The van der Waals surface area contributed by atoms with Gasteiger partial charge in [0.05, 0.1) is 5.69 Å². The van der Waals surface area contributed by atoms with Gasteiger partial charge in [0.25, 0.3) is 0 Å². The van der Waals surface area contributed by atoms with Gasteiger partial charge in [0.1, 0.15) is 12.4 Å². The van der Waals surface area contributed by atoms with Gasteiger partial charge in [-0.15, -0.1) is 0 Å². The van der Waals surface area contributed by atoms with E-state index < -0.39 is 6.09 Å². The Morgan fingerprint density at radius 2 is 1.75 bits per heavy atom. The number of rotatable bonds is 5. The van der Waals surface area contributed by atoms with Gasteiger partial charge >= 0.3 is 6.09 Å². The summed E-state index contributed by atoms with van der Waals surface area (Å²) in [6, 6.07) is 19.0.